The first kappa shape index (κ1) is 36.0. The Balaban J connectivity index is 1.35. The Bertz CT molecular complexity index is 2080. The molecule has 1 unspecified atom stereocenters. The summed E-state index contributed by atoms with van der Waals surface area (Å²) < 4.78 is 32.3. The van der Waals surface area contributed by atoms with Crippen molar-refractivity contribution in [2.75, 3.05) is 23.4 Å². The number of amides is 3. The average Bonchev–Trinajstić information content (AvgIpc) is 3.43. The number of phenols is 1. The molecule has 14 heteroatoms. The highest BCUT2D eigenvalue weighted by molar-refractivity contribution is 7.91. The minimum atomic E-state index is -3.66. The number of sulfone groups is 1. The number of rotatable bonds is 6. The van der Waals surface area contributed by atoms with Crippen LogP contribution in [0.3, 0.4) is 0 Å². The van der Waals surface area contributed by atoms with Crippen molar-refractivity contribution in [2.45, 2.75) is 38.5 Å². The van der Waals surface area contributed by atoms with Crippen LogP contribution in [0, 0.1) is 11.8 Å². The quantitative estimate of drug-likeness (QED) is 0.243. The normalized spacial score (nSPS) is 16.0. The summed E-state index contributed by atoms with van der Waals surface area (Å²) in [7, 11) is -1.92. The number of carbonyl (C=O) groups is 3. The second-order valence-electron chi connectivity index (χ2n) is 12.7. The standard InChI is InChI=1S/C36H36ClN5O7S/c1-36(2,3)49-35(46)39-32(24-8-6-5-7-9-24)34(45)42-18-19-50(47,48)22-29(42)33(44)38-27-15-11-23(12-16-27)10-13-25-21-41(4)40-31(25)28-20-26(37)14-17-30(28)43/h5-9,11-12,14-17,20-21,29,32,43H,18-19,22H2,1-4H3,(H,38,44)(H,39,46)/t29-,32?/m1/s1. The number of hydrogen-bond acceptors (Lipinski definition) is 8. The lowest BCUT2D eigenvalue weighted by Crippen LogP contribution is -2.58. The number of aromatic hydroxyl groups is 1. The summed E-state index contributed by atoms with van der Waals surface area (Å²) in [5.41, 5.74) is 2.02. The number of ether oxygens (including phenoxy) is 1. The molecule has 1 fully saturated rings. The predicted molar refractivity (Wildman–Crippen MR) is 189 cm³/mol. The first-order valence-corrected chi connectivity index (χ1v) is 17.8. The molecule has 12 nitrogen and oxygen atoms in total. The van der Waals surface area contributed by atoms with Gasteiger partial charge in [-0.3, -0.25) is 14.3 Å². The molecule has 1 aliphatic heterocycles. The van der Waals surface area contributed by atoms with Crippen molar-refractivity contribution in [1.29, 1.82) is 0 Å². The van der Waals surface area contributed by atoms with Crippen LogP contribution >= 0.6 is 11.6 Å². The highest BCUT2D eigenvalue weighted by Gasteiger charge is 2.42. The van der Waals surface area contributed by atoms with Gasteiger partial charge in [0.1, 0.15) is 29.1 Å². The molecule has 0 spiro atoms. The maximum Gasteiger partial charge on any atom is 0.408 e. The molecule has 2 heterocycles. The Morgan fingerprint density at radius 3 is 2.42 bits per heavy atom. The fourth-order valence-corrected chi connectivity index (χ4v) is 6.92. The topological polar surface area (TPSA) is 160 Å². The number of carbonyl (C=O) groups excluding carboxylic acids is 3. The number of aryl methyl sites for hydroxylation is 1. The molecule has 5 rings (SSSR count). The van der Waals surface area contributed by atoms with Crippen molar-refractivity contribution < 1.29 is 32.6 Å². The molecule has 0 saturated carbocycles. The first-order valence-electron chi connectivity index (χ1n) is 15.6. The highest BCUT2D eigenvalue weighted by atomic mass is 35.5. The molecule has 2 atom stereocenters. The number of nitrogens with one attached hydrogen (secondary N) is 2. The van der Waals surface area contributed by atoms with Crippen LogP contribution in [0.25, 0.3) is 11.3 Å². The minimum absolute atomic E-state index is 0.0113. The van der Waals surface area contributed by atoms with Gasteiger partial charge in [0.2, 0.25) is 5.91 Å². The van der Waals surface area contributed by atoms with Crippen LogP contribution in [0.15, 0.2) is 79.0 Å². The van der Waals surface area contributed by atoms with Crippen LogP contribution in [-0.4, -0.2) is 75.8 Å². The lowest BCUT2D eigenvalue weighted by molar-refractivity contribution is -0.139. The third-order valence-corrected chi connectivity index (χ3v) is 9.46. The van der Waals surface area contributed by atoms with Crippen LogP contribution in [0.1, 0.15) is 43.5 Å². The summed E-state index contributed by atoms with van der Waals surface area (Å²) in [5.74, 6) is 3.84. The molecular formula is C36H36ClN5O7S. The van der Waals surface area contributed by atoms with E-state index in [1.54, 1.807) is 105 Å². The van der Waals surface area contributed by atoms with Gasteiger partial charge >= 0.3 is 6.09 Å². The molecule has 1 saturated heterocycles. The molecular weight excluding hydrogens is 682 g/mol. The van der Waals surface area contributed by atoms with Crippen molar-refractivity contribution >= 4 is 45.0 Å². The third kappa shape index (κ3) is 9.02. The van der Waals surface area contributed by atoms with E-state index >= 15 is 0 Å². The van der Waals surface area contributed by atoms with Crippen molar-refractivity contribution in [1.82, 2.24) is 20.0 Å². The van der Waals surface area contributed by atoms with E-state index in [1.807, 2.05) is 0 Å². The van der Waals surface area contributed by atoms with Gasteiger partial charge < -0.3 is 25.4 Å². The number of anilines is 1. The van der Waals surface area contributed by atoms with E-state index in [1.165, 1.54) is 11.0 Å². The summed E-state index contributed by atoms with van der Waals surface area (Å²) in [5, 5.41) is 20.5. The number of phenolic OH excluding ortho intramolecular Hbond substituents is 1. The van der Waals surface area contributed by atoms with E-state index in [4.69, 9.17) is 16.3 Å². The Hall–Kier alpha value is -5.32. The van der Waals surface area contributed by atoms with E-state index in [-0.39, 0.29) is 18.0 Å². The molecule has 4 aromatic rings. The van der Waals surface area contributed by atoms with Gasteiger partial charge in [-0.05, 0) is 68.8 Å². The van der Waals surface area contributed by atoms with Crippen LogP contribution in [0.5, 0.6) is 5.75 Å². The van der Waals surface area contributed by atoms with Crippen molar-refractivity contribution in [2.24, 2.45) is 7.05 Å². The van der Waals surface area contributed by atoms with Gasteiger partial charge in [-0.1, -0.05) is 53.8 Å². The minimum Gasteiger partial charge on any atom is -0.507 e. The van der Waals surface area contributed by atoms with Gasteiger partial charge in [-0.15, -0.1) is 0 Å². The Morgan fingerprint density at radius 1 is 1.04 bits per heavy atom. The van der Waals surface area contributed by atoms with Crippen molar-refractivity contribution in [3.63, 3.8) is 0 Å². The lowest BCUT2D eigenvalue weighted by atomic mass is 10.0. The Kier molecular flexibility index (Phi) is 10.5. The monoisotopic (exact) mass is 717 g/mol. The first-order chi connectivity index (χ1) is 23.6. The highest BCUT2D eigenvalue weighted by Crippen LogP contribution is 2.32. The maximum absolute atomic E-state index is 14.0. The second-order valence-corrected chi connectivity index (χ2v) is 15.4. The van der Waals surface area contributed by atoms with E-state index in [0.29, 0.717) is 38.7 Å². The Morgan fingerprint density at radius 2 is 1.74 bits per heavy atom. The fraction of sp³-hybridized carbons (Fsp3) is 0.278. The Labute approximate surface area is 295 Å². The van der Waals surface area contributed by atoms with Crippen LogP contribution in [-0.2, 0) is 31.2 Å². The van der Waals surface area contributed by atoms with Gasteiger partial charge in [0, 0.05) is 41.6 Å². The van der Waals surface area contributed by atoms with Gasteiger partial charge in [0.05, 0.1) is 17.1 Å². The van der Waals surface area contributed by atoms with Crippen molar-refractivity contribution in [3.8, 4) is 28.8 Å². The molecule has 3 amide bonds. The predicted octanol–water partition coefficient (Wildman–Crippen LogP) is 4.68. The molecule has 50 heavy (non-hydrogen) atoms. The average molecular weight is 718 g/mol. The van der Waals surface area contributed by atoms with E-state index in [0.717, 1.165) is 0 Å². The zero-order chi connectivity index (χ0) is 36.2. The zero-order valence-corrected chi connectivity index (χ0v) is 29.4. The van der Waals surface area contributed by atoms with Crippen LogP contribution < -0.4 is 10.6 Å². The molecule has 0 aliphatic carbocycles. The summed E-state index contributed by atoms with van der Waals surface area (Å²) in [6.07, 6.45) is 0.879. The van der Waals surface area contributed by atoms with Gasteiger partial charge in [0.15, 0.2) is 9.84 Å². The molecule has 260 valence electrons. The summed E-state index contributed by atoms with van der Waals surface area (Å²) in [6, 6.07) is 17.1. The number of halogens is 1. The maximum atomic E-state index is 14.0. The van der Waals surface area contributed by atoms with Crippen LogP contribution in [0.2, 0.25) is 5.02 Å². The SMILES string of the molecule is Cn1cc(C#Cc2ccc(NC(=O)[C@H]3CS(=O)(=O)CCN3C(=O)C(NC(=O)OC(C)(C)C)c3ccccc3)cc2)c(-c2cc(Cl)ccc2O)n1. The largest absolute Gasteiger partial charge is 0.507 e. The summed E-state index contributed by atoms with van der Waals surface area (Å²) >= 11 is 6.13. The lowest BCUT2D eigenvalue weighted by Gasteiger charge is -2.37. The van der Waals surface area contributed by atoms with E-state index in [2.05, 4.69) is 27.6 Å². The summed E-state index contributed by atoms with van der Waals surface area (Å²) in [6.45, 7) is 4.82. The molecule has 0 bridgehead atoms. The number of aromatic nitrogens is 2. The third-order valence-electron chi connectivity index (χ3n) is 7.59. The fourth-order valence-electron chi connectivity index (χ4n) is 5.29. The zero-order valence-electron chi connectivity index (χ0n) is 27.8. The van der Waals surface area contributed by atoms with E-state index < -0.39 is 51.2 Å². The molecule has 1 aromatic heterocycles. The van der Waals surface area contributed by atoms with Gasteiger partial charge in [-0.25, -0.2) is 13.2 Å². The number of benzene rings is 3. The smallest absolute Gasteiger partial charge is 0.408 e. The van der Waals surface area contributed by atoms with Gasteiger partial charge in [0.25, 0.3) is 5.91 Å². The number of alkyl carbamates (subject to hydrolysis) is 1. The van der Waals surface area contributed by atoms with Crippen LogP contribution in [0.4, 0.5) is 10.5 Å². The molecule has 3 aromatic carbocycles. The van der Waals surface area contributed by atoms with E-state index in [9.17, 15) is 27.9 Å². The summed E-state index contributed by atoms with van der Waals surface area (Å²) in [4.78, 5) is 41.5. The van der Waals surface area contributed by atoms with Gasteiger partial charge in [-0.2, -0.15) is 5.10 Å². The molecule has 0 radical (unpaired) electrons. The second kappa shape index (κ2) is 14.7. The molecule has 3 N–H and O–H groups in total. The van der Waals surface area contributed by atoms with Crippen molar-refractivity contribution in [3.05, 3.63) is 101 Å². The number of nitrogens with zero attached hydrogens (tertiary/aromatic N) is 3. The number of hydrogen-bond donors (Lipinski definition) is 3. The molecule has 1 aliphatic rings.